The molecule has 0 unspecified atom stereocenters. The van der Waals surface area contributed by atoms with E-state index < -0.39 is 10.0 Å². The molecule has 5 heteroatoms. The summed E-state index contributed by atoms with van der Waals surface area (Å²) in [6.45, 7) is 2.57. The average molecular weight is 291 g/mol. The fourth-order valence-corrected chi connectivity index (χ4v) is 2.77. The molecule has 106 valence electrons. The van der Waals surface area contributed by atoms with E-state index in [0.717, 1.165) is 5.56 Å². The maximum atomic E-state index is 11.8. The van der Waals surface area contributed by atoms with Gasteiger partial charge in [0, 0.05) is 6.54 Å². The number of hydrogen-bond acceptors (Lipinski definition) is 3. The molecule has 0 fully saturated rings. The van der Waals surface area contributed by atoms with E-state index in [0.29, 0.717) is 18.9 Å². The van der Waals surface area contributed by atoms with Crippen molar-refractivity contribution in [3.63, 3.8) is 0 Å². The Bertz CT molecular complexity index is 637. The molecule has 2 aromatic rings. The van der Waals surface area contributed by atoms with E-state index in [9.17, 15) is 8.42 Å². The van der Waals surface area contributed by atoms with Crippen molar-refractivity contribution < 1.29 is 13.2 Å². The molecule has 20 heavy (non-hydrogen) atoms. The van der Waals surface area contributed by atoms with Crippen molar-refractivity contribution in [1.29, 1.82) is 0 Å². The fourth-order valence-electron chi connectivity index (χ4n) is 1.73. The Morgan fingerprint density at radius 3 is 2.25 bits per heavy atom. The van der Waals surface area contributed by atoms with Crippen LogP contribution in [0.4, 0.5) is 0 Å². The standard InChI is InChI=1S/C15H17NO3S/c1-2-16-20(17,18)15-10-8-14(9-11-15)19-12-13-6-4-3-5-7-13/h3-11,16H,2,12H2,1H3. The summed E-state index contributed by atoms with van der Waals surface area (Å²) in [5.41, 5.74) is 1.07. The third-order valence-corrected chi connectivity index (χ3v) is 4.28. The monoisotopic (exact) mass is 291 g/mol. The summed E-state index contributed by atoms with van der Waals surface area (Å²) in [4.78, 5) is 0.242. The average Bonchev–Trinajstić information content (AvgIpc) is 2.47. The molecule has 0 aromatic heterocycles. The van der Waals surface area contributed by atoms with Crippen molar-refractivity contribution in [1.82, 2.24) is 4.72 Å². The SMILES string of the molecule is CCNS(=O)(=O)c1ccc(OCc2ccccc2)cc1. The number of hydrogen-bond donors (Lipinski definition) is 1. The van der Waals surface area contributed by atoms with Crippen LogP contribution in [-0.4, -0.2) is 15.0 Å². The van der Waals surface area contributed by atoms with Gasteiger partial charge in [0.25, 0.3) is 0 Å². The van der Waals surface area contributed by atoms with Gasteiger partial charge in [-0.25, -0.2) is 13.1 Å². The minimum absolute atomic E-state index is 0.242. The maximum absolute atomic E-state index is 11.8. The summed E-state index contributed by atoms with van der Waals surface area (Å²) in [5.74, 6) is 0.643. The zero-order valence-electron chi connectivity index (χ0n) is 11.2. The second-order valence-corrected chi connectivity index (χ2v) is 6.01. The second-order valence-electron chi connectivity index (χ2n) is 4.25. The molecule has 0 saturated heterocycles. The third kappa shape index (κ3) is 3.82. The van der Waals surface area contributed by atoms with Gasteiger partial charge in [0.2, 0.25) is 10.0 Å². The van der Waals surface area contributed by atoms with Crippen LogP contribution in [-0.2, 0) is 16.6 Å². The number of sulfonamides is 1. The number of nitrogens with one attached hydrogen (secondary N) is 1. The quantitative estimate of drug-likeness (QED) is 0.890. The van der Waals surface area contributed by atoms with E-state index in [1.807, 2.05) is 30.3 Å². The normalized spacial score (nSPS) is 11.2. The first-order valence-corrected chi connectivity index (χ1v) is 7.86. The van der Waals surface area contributed by atoms with Gasteiger partial charge in [-0.3, -0.25) is 0 Å². The molecule has 2 aromatic carbocycles. The van der Waals surface area contributed by atoms with Crippen molar-refractivity contribution in [2.24, 2.45) is 0 Å². The number of benzene rings is 2. The maximum Gasteiger partial charge on any atom is 0.240 e. The molecule has 0 heterocycles. The minimum Gasteiger partial charge on any atom is -0.489 e. The molecule has 0 atom stereocenters. The van der Waals surface area contributed by atoms with Gasteiger partial charge in [0.05, 0.1) is 4.90 Å². The Balaban J connectivity index is 2.02. The summed E-state index contributed by atoms with van der Waals surface area (Å²) in [7, 11) is -3.40. The van der Waals surface area contributed by atoms with Gasteiger partial charge in [-0.2, -0.15) is 0 Å². The molecule has 0 aliphatic carbocycles. The molecule has 0 amide bonds. The van der Waals surface area contributed by atoms with E-state index in [1.54, 1.807) is 31.2 Å². The van der Waals surface area contributed by atoms with Gasteiger partial charge in [-0.05, 0) is 29.8 Å². The highest BCUT2D eigenvalue weighted by atomic mass is 32.2. The highest BCUT2D eigenvalue weighted by Crippen LogP contribution is 2.17. The van der Waals surface area contributed by atoms with Gasteiger partial charge < -0.3 is 4.74 Å². The predicted octanol–water partition coefficient (Wildman–Crippen LogP) is 2.56. The summed E-state index contributed by atoms with van der Waals surface area (Å²) in [6, 6.07) is 16.2. The van der Waals surface area contributed by atoms with Crippen molar-refractivity contribution in [2.45, 2.75) is 18.4 Å². The predicted molar refractivity (Wildman–Crippen MR) is 78.1 cm³/mol. The van der Waals surface area contributed by atoms with E-state index in [1.165, 1.54) is 0 Å². The van der Waals surface area contributed by atoms with E-state index >= 15 is 0 Å². The van der Waals surface area contributed by atoms with Crippen LogP contribution in [0.5, 0.6) is 5.75 Å². The van der Waals surface area contributed by atoms with Gasteiger partial charge >= 0.3 is 0 Å². The Hall–Kier alpha value is -1.85. The molecule has 0 spiro atoms. The molecule has 0 bridgehead atoms. The van der Waals surface area contributed by atoms with Crippen molar-refractivity contribution in [3.05, 3.63) is 60.2 Å². The second kappa shape index (κ2) is 6.54. The molecule has 0 saturated carbocycles. The third-order valence-electron chi connectivity index (χ3n) is 2.72. The zero-order chi connectivity index (χ0) is 14.4. The highest BCUT2D eigenvalue weighted by molar-refractivity contribution is 7.89. The van der Waals surface area contributed by atoms with Crippen LogP contribution in [0.2, 0.25) is 0 Å². The smallest absolute Gasteiger partial charge is 0.240 e. The Morgan fingerprint density at radius 1 is 1.00 bits per heavy atom. The molecule has 0 aliphatic rings. The fraction of sp³-hybridized carbons (Fsp3) is 0.200. The molecular formula is C15H17NO3S. The lowest BCUT2D eigenvalue weighted by Crippen LogP contribution is -2.22. The number of rotatable bonds is 6. The number of ether oxygens (including phenoxy) is 1. The van der Waals surface area contributed by atoms with Crippen molar-refractivity contribution in [2.75, 3.05) is 6.54 Å². The molecule has 1 N–H and O–H groups in total. The van der Waals surface area contributed by atoms with Crippen LogP contribution in [0.3, 0.4) is 0 Å². The Labute approximate surface area is 119 Å². The first kappa shape index (κ1) is 14.6. The molecule has 0 aliphatic heterocycles. The first-order valence-electron chi connectivity index (χ1n) is 6.38. The first-order chi connectivity index (χ1) is 9.62. The Kier molecular flexibility index (Phi) is 4.76. The van der Waals surface area contributed by atoms with Crippen LogP contribution in [0, 0.1) is 0 Å². The van der Waals surface area contributed by atoms with Crippen molar-refractivity contribution in [3.8, 4) is 5.75 Å². The van der Waals surface area contributed by atoms with Gasteiger partial charge in [0.15, 0.2) is 0 Å². The topological polar surface area (TPSA) is 55.4 Å². The van der Waals surface area contributed by atoms with Gasteiger partial charge in [-0.15, -0.1) is 0 Å². The highest BCUT2D eigenvalue weighted by Gasteiger charge is 2.11. The van der Waals surface area contributed by atoms with Crippen LogP contribution in [0.1, 0.15) is 12.5 Å². The molecule has 4 nitrogen and oxygen atoms in total. The van der Waals surface area contributed by atoms with E-state index in [2.05, 4.69) is 4.72 Å². The summed E-state index contributed by atoms with van der Waals surface area (Å²) >= 11 is 0. The van der Waals surface area contributed by atoms with Crippen molar-refractivity contribution >= 4 is 10.0 Å². The summed E-state index contributed by atoms with van der Waals surface area (Å²) < 4.78 is 31.6. The summed E-state index contributed by atoms with van der Waals surface area (Å²) in [5, 5.41) is 0. The lowest BCUT2D eigenvalue weighted by atomic mass is 10.2. The largest absolute Gasteiger partial charge is 0.489 e. The Morgan fingerprint density at radius 2 is 1.65 bits per heavy atom. The van der Waals surface area contributed by atoms with Crippen LogP contribution < -0.4 is 9.46 Å². The molecule has 0 radical (unpaired) electrons. The lowest BCUT2D eigenvalue weighted by Gasteiger charge is -2.08. The molecule has 2 rings (SSSR count). The van der Waals surface area contributed by atoms with Gasteiger partial charge in [-0.1, -0.05) is 37.3 Å². The van der Waals surface area contributed by atoms with Crippen LogP contribution >= 0.6 is 0 Å². The van der Waals surface area contributed by atoms with Crippen LogP contribution in [0.15, 0.2) is 59.5 Å². The molecular weight excluding hydrogens is 274 g/mol. The van der Waals surface area contributed by atoms with Gasteiger partial charge in [0.1, 0.15) is 12.4 Å². The van der Waals surface area contributed by atoms with Crippen LogP contribution in [0.25, 0.3) is 0 Å². The minimum atomic E-state index is -3.40. The zero-order valence-corrected chi connectivity index (χ0v) is 12.1. The van der Waals surface area contributed by atoms with E-state index in [-0.39, 0.29) is 4.90 Å². The van der Waals surface area contributed by atoms with E-state index in [4.69, 9.17) is 4.74 Å². The lowest BCUT2D eigenvalue weighted by molar-refractivity contribution is 0.306. The summed E-state index contributed by atoms with van der Waals surface area (Å²) in [6.07, 6.45) is 0.